The van der Waals surface area contributed by atoms with E-state index in [1.165, 1.54) is 17.7 Å². The summed E-state index contributed by atoms with van der Waals surface area (Å²) >= 11 is 0. The molecule has 82 heavy (non-hydrogen) atoms. The molecule has 1 saturated heterocycles. The lowest BCUT2D eigenvalue weighted by molar-refractivity contribution is -0.348. The molecule has 0 aliphatic carbocycles. The first-order valence-electron chi connectivity index (χ1n) is 26.7. The van der Waals surface area contributed by atoms with E-state index in [-0.39, 0.29) is 29.4 Å². The maximum atomic E-state index is 13.1. The molecule has 6 rings (SSSR count). The number of benzene rings is 5. The summed E-state index contributed by atoms with van der Waals surface area (Å²) in [6, 6.07) is 30.9. The van der Waals surface area contributed by atoms with Gasteiger partial charge in [-0.2, -0.15) is 62.3 Å². The quantitative estimate of drug-likeness (QED) is 0.0801. The van der Waals surface area contributed by atoms with Crippen LogP contribution in [0.3, 0.4) is 0 Å². The zero-order valence-electron chi connectivity index (χ0n) is 48.2. The molecule has 0 amide bonds. The second-order valence-electron chi connectivity index (χ2n) is 21.7. The summed E-state index contributed by atoms with van der Waals surface area (Å²) in [5.74, 6) is 0. The van der Waals surface area contributed by atoms with Crippen molar-refractivity contribution in [3.05, 3.63) is 170 Å². The van der Waals surface area contributed by atoms with Gasteiger partial charge in [0.15, 0.2) is 0 Å². The zero-order chi connectivity index (χ0) is 62.5. The molecule has 446 valence electrons. The van der Waals surface area contributed by atoms with Crippen molar-refractivity contribution in [1.29, 1.82) is 0 Å². The third-order valence-corrected chi connectivity index (χ3v) is 16.6. The summed E-state index contributed by atoms with van der Waals surface area (Å²) in [7, 11) is -0.517. The molecule has 19 heteroatoms. The Hall–Kier alpha value is -5.98. The van der Waals surface area contributed by atoms with Crippen molar-refractivity contribution in [2.24, 2.45) is 0 Å². The van der Waals surface area contributed by atoms with Crippen LogP contribution in [0.1, 0.15) is 149 Å². The van der Waals surface area contributed by atoms with E-state index >= 15 is 0 Å². The van der Waals surface area contributed by atoms with Crippen LogP contribution in [0.25, 0.3) is 23.3 Å². The average molecular weight is 1160 g/mol. The predicted octanol–water partition coefficient (Wildman–Crippen LogP) is 16.5. The van der Waals surface area contributed by atoms with Gasteiger partial charge in [-0.05, 0) is 172 Å². The Bertz CT molecular complexity index is 3060. The monoisotopic (exact) mass is 1160 g/mol. The summed E-state index contributed by atoms with van der Waals surface area (Å²) in [5, 5.41) is 18.9. The van der Waals surface area contributed by atoms with Crippen LogP contribution in [0.4, 0.5) is 52.7 Å². The first-order valence-corrected chi connectivity index (χ1v) is 26.7. The third kappa shape index (κ3) is 13.8. The van der Waals surface area contributed by atoms with Crippen molar-refractivity contribution in [2.75, 3.05) is 0 Å². The van der Waals surface area contributed by atoms with Gasteiger partial charge in [0.25, 0.3) is 11.2 Å². The van der Waals surface area contributed by atoms with Crippen LogP contribution in [0.15, 0.2) is 109 Å². The Morgan fingerprint density at radius 1 is 0.488 bits per heavy atom. The van der Waals surface area contributed by atoms with Crippen LogP contribution < -0.4 is 5.46 Å². The number of aliphatic hydroxyl groups is 2. The van der Waals surface area contributed by atoms with Crippen LogP contribution in [0, 0.1) is 27.7 Å². The summed E-state index contributed by atoms with van der Waals surface area (Å²) in [4.78, 5) is 16.2. The standard InChI is InChI=1S/C32H34F6O.C30H37BF6O3.CO2/c1-6-23-10-9-11-25(20-23)28-15-14-27(19-22(28)5)29(7-2,8-3)26-13-12-24(21(4)18-26)16-17-30(39,31(33,34)35)32(36,37)38;1-9-27(10-2,23-13-14-24(20(4)18-23)31-39-25(5,6)26(7,8)40-31)22-12-11-21(19(3)17-22)15-16-28(38,29(32,33)34)30(35,36)37;2-1-3/h9-20,39H,6-8H2,1-5H3;11-18,38H,9-10H2,1-8H3;/b17-16+;16-15+;. The van der Waals surface area contributed by atoms with Gasteiger partial charge < -0.3 is 19.5 Å². The molecule has 2 N–H and O–H groups in total. The average Bonchev–Trinajstić information content (AvgIpc) is 3.74. The van der Waals surface area contributed by atoms with Crippen LogP contribution in [0.5, 0.6) is 0 Å². The molecule has 0 radical (unpaired) electrons. The molecule has 1 heterocycles. The van der Waals surface area contributed by atoms with Gasteiger partial charge in [-0.3, -0.25) is 0 Å². The van der Waals surface area contributed by atoms with Crippen LogP contribution >= 0.6 is 0 Å². The van der Waals surface area contributed by atoms with E-state index in [0.717, 1.165) is 69.2 Å². The number of aryl methyl sites for hydroxylation is 5. The van der Waals surface area contributed by atoms with Gasteiger partial charge in [-0.1, -0.05) is 149 Å². The molecule has 5 aromatic carbocycles. The van der Waals surface area contributed by atoms with E-state index in [1.54, 1.807) is 38.1 Å². The van der Waals surface area contributed by atoms with Gasteiger partial charge in [0.1, 0.15) is 0 Å². The SMILES string of the molecule is CCC(CC)(c1ccc(/C=C/C(O)(C(F)(F)F)C(F)(F)F)c(C)c1)c1ccc(B2OC(C)(C)C(C)(C)O2)c(C)c1.CCc1cccc(-c2ccc(C(CC)(CC)c3ccc(/C=C/C(O)(C(F)(F)F)C(F)(F)F)c(C)c3)cc2C)c1.O=C=O. The molecule has 1 aliphatic rings. The number of carbonyl (C=O) groups excluding carboxylic acids is 2. The summed E-state index contributed by atoms with van der Waals surface area (Å²) in [5.41, 5.74) is 0.0562. The third-order valence-electron chi connectivity index (χ3n) is 16.6. The Balaban J connectivity index is 0.000000336. The Morgan fingerprint density at radius 2 is 0.829 bits per heavy atom. The zero-order valence-corrected chi connectivity index (χ0v) is 48.2. The van der Waals surface area contributed by atoms with E-state index in [9.17, 15) is 62.9 Å². The molecular weight excluding hydrogens is 1090 g/mol. The molecule has 0 saturated carbocycles. The molecular formula is C63H71BF12O6. The van der Waals surface area contributed by atoms with E-state index in [2.05, 4.69) is 70.2 Å². The van der Waals surface area contributed by atoms with Crippen LogP contribution in [-0.4, -0.2) is 70.6 Å². The molecule has 6 nitrogen and oxygen atoms in total. The molecule has 1 fully saturated rings. The summed E-state index contributed by atoms with van der Waals surface area (Å²) in [6.45, 7) is 25.6. The van der Waals surface area contributed by atoms with Gasteiger partial charge in [0.05, 0.1) is 11.2 Å². The second-order valence-corrected chi connectivity index (χ2v) is 21.7. The van der Waals surface area contributed by atoms with Gasteiger partial charge in [-0.25, -0.2) is 0 Å². The lowest BCUT2D eigenvalue weighted by Gasteiger charge is -2.34. The molecule has 0 bridgehead atoms. The largest absolute Gasteiger partial charge is 0.495 e. The second kappa shape index (κ2) is 25.5. The van der Waals surface area contributed by atoms with Gasteiger partial charge in [0, 0.05) is 10.8 Å². The summed E-state index contributed by atoms with van der Waals surface area (Å²) in [6.07, 6.45) is -18.7. The van der Waals surface area contributed by atoms with Crippen LogP contribution in [0.2, 0.25) is 0 Å². The fourth-order valence-electron chi connectivity index (χ4n) is 10.4. The Kier molecular flexibility index (Phi) is 21.3. The molecule has 0 aromatic heterocycles. The minimum atomic E-state index is -5.92. The molecule has 0 unspecified atom stereocenters. The number of alkyl halides is 12. The topological polar surface area (TPSA) is 93.1 Å². The first-order chi connectivity index (χ1) is 37.7. The van der Waals surface area contributed by atoms with Crippen LogP contribution in [-0.2, 0) is 36.1 Å². The minimum Gasteiger partial charge on any atom is -0.399 e. The fourth-order valence-corrected chi connectivity index (χ4v) is 10.4. The van der Waals surface area contributed by atoms with Crippen molar-refractivity contribution in [3.63, 3.8) is 0 Å². The van der Waals surface area contributed by atoms with Gasteiger partial charge in [-0.15, -0.1) is 0 Å². The van der Waals surface area contributed by atoms with E-state index in [0.29, 0.717) is 36.1 Å². The van der Waals surface area contributed by atoms with E-state index < -0.39 is 65.1 Å². The highest BCUT2D eigenvalue weighted by molar-refractivity contribution is 6.62. The highest BCUT2D eigenvalue weighted by Gasteiger charge is 2.70. The van der Waals surface area contributed by atoms with Crippen molar-refractivity contribution < 1.29 is 81.8 Å². The number of hydrogen-bond acceptors (Lipinski definition) is 6. The Labute approximate surface area is 472 Å². The number of hydrogen-bond donors (Lipinski definition) is 2. The molecule has 0 spiro atoms. The van der Waals surface area contributed by atoms with Crippen molar-refractivity contribution in [3.8, 4) is 11.1 Å². The molecule has 5 aromatic rings. The maximum absolute atomic E-state index is 13.1. The normalized spacial score (nSPS) is 15.3. The van der Waals surface area contributed by atoms with Crippen molar-refractivity contribution in [1.82, 2.24) is 0 Å². The van der Waals surface area contributed by atoms with Crippen molar-refractivity contribution >= 4 is 30.9 Å². The smallest absolute Gasteiger partial charge is 0.399 e. The maximum Gasteiger partial charge on any atom is 0.495 e. The highest BCUT2D eigenvalue weighted by Crippen LogP contribution is 2.48. The lowest BCUT2D eigenvalue weighted by Crippen LogP contribution is -2.55. The fraction of sp³-hybridized carbons (Fsp3) is 0.444. The molecule has 1 aliphatic heterocycles. The first kappa shape index (κ1) is 68.5. The number of halogens is 12. The predicted molar refractivity (Wildman–Crippen MR) is 295 cm³/mol. The molecule has 0 atom stereocenters. The van der Waals surface area contributed by atoms with Crippen molar-refractivity contribution in [2.45, 2.75) is 180 Å². The Morgan fingerprint density at radius 3 is 1.15 bits per heavy atom. The lowest BCUT2D eigenvalue weighted by atomic mass is 9.68. The highest BCUT2D eigenvalue weighted by atomic mass is 19.4. The number of rotatable bonds is 15. The van der Waals surface area contributed by atoms with E-state index in [1.807, 2.05) is 66.7 Å². The minimum absolute atomic E-state index is 0.143. The summed E-state index contributed by atoms with van der Waals surface area (Å²) < 4.78 is 170. The van der Waals surface area contributed by atoms with Gasteiger partial charge in [0.2, 0.25) is 0 Å². The van der Waals surface area contributed by atoms with Gasteiger partial charge >= 0.3 is 38.0 Å². The van der Waals surface area contributed by atoms with E-state index in [4.69, 9.17) is 18.9 Å².